The Balaban J connectivity index is 2.02. The fourth-order valence-electron chi connectivity index (χ4n) is 2.90. The Kier molecular flexibility index (Phi) is 5.39. The summed E-state index contributed by atoms with van der Waals surface area (Å²) in [6, 6.07) is 7.63. The van der Waals surface area contributed by atoms with Crippen molar-refractivity contribution in [2.75, 3.05) is 0 Å². The van der Waals surface area contributed by atoms with Crippen molar-refractivity contribution in [2.45, 2.75) is 38.6 Å². The maximum atomic E-state index is 12.4. The number of amides is 1. The van der Waals surface area contributed by atoms with Gasteiger partial charge in [-0.25, -0.2) is 0 Å². The molecule has 0 aromatic heterocycles. The highest BCUT2D eigenvalue weighted by Crippen LogP contribution is 2.31. The van der Waals surface area contributed by atoms with Gasteiger partial charge in [-0.15, -0.1) is 0 Å². The standard InChI is InChI=1S/C16H20BrNO3/c1-10(11-6-8-12(17)9-7-11)18-15(19)13-4-2-3-5-14(13)16(20)21/h6-10,13-14H,2-5H2,1H3,(H,18,19)(H,20,21). The summed E-state index contributed by atoms with van der Waals surface area (Å²) in [6.07, 6.45) is 3.08. The lowest BCUT2D eigenvalue weighted by Gasteiger charge is -2.28. The first-order valence-electron chi connectivity index (χ1n) is 7.27. The van der Waals surface area contributed by atoms with Crippen LogP contribution in [0.25, 0.3) is 0 Å². The molecule has 1 aromatic carbocycles. The number of carboxylic acid groups (broad SMARTS) is 1. The maximum Gasteiger partial charge on any atom is 0.307 e. The molecule has 114 valence electrons. The molecule has 0 bridgehead atoms. The Hall–Kier alpha value is -1.36. The maximum absolute atomic E-state index is 12.4. The van der Waals surface area contributed by atoms with Gasteiger partial charge >= 0.3 is 5.97 Å². The number of carbonyl (C=O) groups is 2. The predicted octanol–water partition coefficient (Wildman–Crippen LogP) is 3.52. The summed E-state index contributed by atoms with van der Waals surface area (Å²) in [7, 11) is 0. The fraction of sp³-hybridized carbons (Fsp3) is 0.500. The number of halogens is 1. The van der Waals surface area contributed by atoms with Gasteiger partial charge in [0.2, 0.25) is 5.91 Å². The Morgan fingerprint density at radius 1 is 1.19 bits per heavy atom. The molecule has 3 atom stereocenters. The highest BCUT2D eigenvalue weighted by molar-refractivity contribution is 9.10. The zero-order valence-corrected chi connectivity index (χ0v) is 13.6. The third-order valence-electron chi connectivity index (χ3n) is 4.15. The molecule has 0 aliphatic heterocycles. The van der Waals surface area contributed by atoms with Crippen molar-refractivity contribution in [1.29, 1.82) is 0 Å². The van der Waals surface area contributed by atoms with Gasteiger partial charge in [0, 0.05) is 4.47 Å². The molecule has 5 heteroatoms. The van der Waals surface area contributed by atoms with Gasteiger partial charge in [-0.3, -0.25) is 9.59 Å². The van der Waals surface area contributed by atoms with E-state index >= 15 is 0 Å². The van der Waals surface area contributed by atoms with Crippen molar-refractivity contribution in [3.8, 4) is 0 Å². The number of nitrogens with one attached hydrogen (secondary N) is 1. The molecule has 0 heterocycles. The summed E-state index contributed by atoms with van der Waals surface area (Å²) in [6.45, 7) is 1.92. The Morgan fingerprint density at radius 3 is 2.33 bits per heavy atom. The molecule has 2 N–H and O–H groups in total. The molecule has 2 rings (SSSR count). The molecule has 4 nitrogen and oxygen atoms in total. The molecule has 1 amide bonds. The van der Waals surface area contributed by atoms with Gasteiger partial charge in [-0.1, -0.05) is 40.9 Å². The van der Waals surface area contributed by atoms with E-state index in [1.54, 1.807) is 0 Å². The average molecular weight is 354 g/mol. The lowest BCUT2D eigenvalue weighted by molar-refractivity contribution is -0.149. The topological polar surface area (TPSA) is 66.4 Å². The summed E-state index contributed by atoms with van der Waals surface area (Å²) in [5, 5.41) is 12.2. The minimum atomic E-state index is -0.855. The fourth-order valence-corrected chi connectivity index (χ4v) is 3.16. The number of hydrogen-bond acceptors (Lipinski definition) is 2. The molecule has 1 fully saturated rings. The zero-order chi connectivity index (χ0) is 15.4. The minimum absolute atomic E-state index is 0.123. The van der Waals surface area contributed by atoms with Crippen molar-refractivity contribution >= 4 is 27.8 Å². The third-order valence-corrected chi connectivity index (χ3v) is 4.68. The Bertz CT molecular complexity index is 515. The highest BCUT2D eigenvalue weighted by Gasteiger charge is 2.36. The lowest BCUT2D eigenvalue weighted by atomic mass is 9.78. The van der Waals surface area contributed by atoms with Crippen LogP contribution in [0, 0.1) is 11.8 Å². The third kappa shape index (κ3) is 4.06. The molecule has 0 radical (unpaired) electrons. The second kappa shape index (κ2) is 7.07. The highest BCUT2D eigenvalue weighted by atomic mass is 79.9. The molecule has 0 spiro atoms. The number of benzene rings is 1. The molecule has 3 unspecified atom stereocenters. The van der Waals surface area contributed by atoms with Crippen LogP contribution in [0.3, 0.4) is 0 Å². The molecular weight excluding hydrogens is 334 g/mol. The lowest BCUT2D eigenvalue weighted by Crippen LogP contribution is -2.40. The summed E-state index contributed by atoms with van der Waals surface area (Å²) in [5.41, 5.74) is 1.01. The van der Waals surface area contributed by atoms with Crippen LogP contribution in [0.2, 0.25) is 0 Å². The van der Waals surface area contributed by atoms with Crippen molar-refractivity contribution in [3.63, 3.8) is 0 Å². The van der Waals surface area contributed by atoms with Crippen molar-refractivity contribution < 1.29 is 14.7 Å². The minimum Gasteiger partial charge on any atom is -0.481 e. The molecule has 1 saturated carbocycles. The van der Waals surface area contributed by atoms with E-state index in [0.29, 0.717) is 12.8 Å². The molecule has 1 aliphatic rings. The second-order valence-electron chi connectivity index (χ2n) is 5.62. The Labute approximate surface area is 133 Å². The van der Waals surface area contributed by atoms with E-state index in [-0.39, 0.29) is 11.9 Å². The molecule has 0 saturated heterocycles. The summed E-state index contributed by atoms with van der Waals surface area (Å²) >= 11 is 3.38. The number of carbonyl (C=O) groups excluding carboxylic acids is 1. The zero-order valence-electron chi connectivity index (χ0n) is 12.0. The normalized spacial score (nSPS) is 23.3. The predicted molar refractivity (Wildman–Crippen MR) is 83.8 cm³/mol. The van der Waals surface area contributed by atoms with Crippen molar-refractivity contribution in [1.82, 2.24) is 5.32 Å². The van der Waals surface area contributed by atoms with Gasteiger partial charge in [0.15, 0.2) is 0 Å². The number of aliphatic carboxylic acids is 1. The van der Waals surface area contributed by atoms with Gasteiger partial charge in [-0.2, -0.15) is 0 Å². The van der Waals surface area contributed by atoms with E-state index in [2.05, 4.69) is 21.2 Å². The largest absolute Gasteiger partial charge is 0.481 e. The van der Waals surface area contributed by atoms with Crippen LogP contribution in [0.15, 0.2) is 28.7 Å². The van der Waals surface area contributed by atoms with Gasteiger partial charge < -0.3 is 10.4 Å². The number of rotatable bonds is 4. The summed E-state index contributed by atoms with van der Waals surface area (Å²) in [4.78, 5) is 23.7. The average Bonchev–Trinajstić information content (AvgIpc) is 2.47. The smallest absolute Gasteiger partial charge is 0.307 e. The van der Waals surface area contributed by atoms with Crippen LogP contribution in [-0.2, 0) is 9.59 Å². The molecule has 1 aliphatic carbocycles. The van der Waals surface area contributed by atoms with Crippen LogP contribution in [-0.4, -0.2) is 17.0 Å². The van der Waals surface area contributed by atoms with E-state index in [0.717, 1.165) is 22.9 Å². The summed E-state index contributed by atoms with van der Waals surface area (Å²) < 4.78 is 0.989. The molecule has 21 heavy (non-hydrogen) atoms. The van der Waals surface area contributed by atoms with E-state index in [1.165, 1.54) is 0 Å². The van der Waals surface area contributed by atoms with Gasteiger partial charge in [0.25, 0.3) is 0 Å². The van der Waals surface area contributed by atoms with Crippen molar-refractivity contribution in [2.24, 2.45) is 11.8 Å². The van der Waals surface area contributed by atoms with E-state index in [9.17, 15) is 14.7 Å². The summed E-state index contributed by atoms with van der Waals surface area (Å²) in [5.74, 6) is -1.95. The monoisotopic (exact) mass is 353 g/mol. The van der Waals surface area contributed by atoms with Gasteiger partial charge in [-0.05, 0) is 37.5 Å². The van der Waals surface area contributed by atoms with Crippen LogP contribution in [0.4, 0.5) is 0 Å². The second-order valence-corrected chi connectivity index (χ2v) is 6.53. The SMILES string of the molecule is CC(NC(=O)C1CCCCC1C(=O)O)c1ccc(Br)cc1. The van der Waals surface area contributed by atoms with Crippen LogP contribution in [0.1, 0.15) is 44.2 Å². The number of hydrogen-bond donors (Lipinski definition) is 2. The molecule has 1 aromatic rings. The van der Waals surface area contributed by atoms with Gasteiger partial charge in [0.05, 0.1) is 17.9 Å². The van der Waals surface area contributed by atoms with Crippen molar-refractivity contribution in [3.05, 3.63) is 34.3 Å². The first kappa shape index (κ1) is 16.0. The first-order valence-corrected chi connectivity index (χ1v) is 8.07. The van der Waals surface area contributed by atoms with Crippen LogP contribution in [0.5, 0.6) is 0 Å². The molecular formula is C16H20BrNO3. The van der Waals surface area contributed by atoms with E-state index < -0.39 is 17.8 Å². The van der Waals surface area contributed by atoms with Gasteiger partial charge in [0.1, 0.15) is 0 Å². The quantitative estimate of drug-likeness (QED) is 0.870. The number of carboxylic acids is 1. The van der Waals surface area contributed by atoms with Crippen LogP contribution < -0.4 is 5.32 Å². The Morgan fingerprint density at radius 2 is 1.76 bits per heavy atom. The van der Waals surface area contributed by atoms with E-state index in [1.807, 2.05) is 31.2 Å². The first-order chi connectivity index (χ1) is 9.99. The van der Waals surface area contributed by atoms with E-state index in [4.69, 9.17) is 0 Å². The van der Waals surface area contributed by atoms with Crippen LogP contribution >= 0.6 is 15.9 Å².